The Hall–Kier alpha value is -1.80. The maximum absolute atomic E-state index is 11.4. The van der Waals surface area contributed by atoms with Crippen molar-refractivity contribution >= 4 is 5.91 Å². The summed E-state index contributed by atoms with van der Waals surface area (Å²) in [5.74, 6) is -0.148. The van der Waals surface area contributed by atoms with Crippen LogP contribution in [0, 0.1) is 11.3 Å². The molecule has 0 aliphatic heterocycles. The van der Waals surface area contributed by atoms with Crippen molar-refractivity contribution in [3.8, 4) is 6.07 Å². The Morgan fingerprint density at radius 3 is 3.06 bits per heavy atom. The van der Waals surface area contributed by atoms with Crippen LogP contribution in [0.15, 0.2) is 18.5 Å². The molecule has 0 aliphatic carbocycles. The van der Waals surface area contributed by atoms with Gasteiger partial charge in [0.25, 0.3) is 0 Å². The topological polar surface area (TPSA) is 69.8 Å². The zero-order valence-corrected chi connectivity index (χ0v) is 10.2. The number of carbonyl (C=O) groups is 1. The van der Waals surface area contributed by atoms with Crippen molar-refractivity contribution in [1.29, 1.82) is 5.26 Å². The van der Waals surface area contributed by atoms with Crippen LogP contribution in [-0.2, 0) is 11.3 Å². The normalized spacial score (nSPS) is 11.8. The van der Waals surface area contributed by atoms with E-state index in [9.17, 15) is 4.79 Å². The first-order valence-corrected chi connectivity index (χ1v) is 5.70. The van der Waals surface area contributed by atoms with Crippen LogP contribution in [-0.4, -0.2) is 23.6 Å². The molecule has 1 aromatic rings. The van der Waals surface area contributed by atoms with Gasteiger partial charge in [-0.05, 0) is 25.1 Å². The number of aromatic nitrogens is 1. The molecule has 0 bridgehead atoms. The lowest BCUT2D eigenvalue weighted by molar-refractivity contribution is -0.121. The second-order valence-corrected chi connectivity index (χ2v) is 3.83. The number of nitriles is 1. The van der Waals surface area contributed by atoms with Gasteiger partial charge in [-0.15, -0.1) is 0 Å². The number of nitrogens with zero attached hydrogens (tertiary/aromatic N) is 2. The number of amides is 1. The predicted molar refractivity (Wildman–Crippen MR) is 65.1 cm³/mol. The summed E-state index contributed by atoms with van der Waals surface area (Å²) in [6, 6.07) is 4.15. The Morgan fingerprint density at radius 2 is 2.41 bits per heavy atom. The predicted octanol–water partition coefficient (Wildman–Crippen LogP) is 0.798. The van der Waals surface area contributed by atoms with Gasteiger partial charge in [-0.1, -0.05) is 6.92 Å². The lowest BCUT2D eigenvalue weighted by Gasteiger charge is -2.09. The highest BCUT2D eigenvalue weighted by atomic mass is 16.1. The molecule has 1 amide bonds. The van der Waals surface area contributed by atoms with Crippen LogP contribution in [0.1, 0.15) is 25.5 Å². The van der Waals surface area contributed by atoms with Crippen molar-refractivity contribution in [2.24, 2.45) is 0 Å². The van der Waals surface area contributed by atoms with Crippen LogP contribution in [0.5, 0.6) is 0 Å². The summed E-state index contributed by atoms with van der Waals surface area (Å²) in [6.45, 7) is 5.36. The highest BCUT2D eigenvalue weighted by Crippen LogP contribution is 2.12. The zero-order valence-electron chi connectivity index (χ0n) is 10.2. The fourth-order valence-corrected chi connectivity index (χ4v) is 1.60. The number of hydrogen-bond acceptors (Lipinski definition) is 3. The molecule has 0 aromatic carbocycles. The molecule has 0 fully saturated rings. The third-order valence-corrected chi connectivity index (χ3v) is 2.47. The zero-order chi connectivity index (χ0) is 12.7. The fraction of sp³-hybridized carbons (Fsp3) is 0.500. The van der Waals surface area contributed by atoms with E-state index in [4.69, 9.17) is 5.26 Å². The smallest absolute Gasteiger partial charge is 0.240 e. The average molecular weight is 234 g/mol. The summed E-state index contributed by atoms with van der Waals surface area (Å²) < 4.78 is 1.82. The molecule has 5 heteroatoms. The summed E-state index contributed by atoms with van der Waals surface area (Å²) in [6.07, 6.45) is 3.81. The lowest BCUT2D eigenvalue weighted by Crippen LogP contribution is -2.27. The summed E-state index contributed by atoms with van der Waals surface area (Å²) in [5.41, 5.74) is 1.15. The highest BCUT2D eigenvalue weighted by molar-refractivity contribution is 5.75. The highest BCUT2D eigenvalue weighted by Gasteiger charge is 2.07. The molecule has 17 heavy (non-hydrogen) atoms. The quantitative estimate of drug-likeness (QED) is 0.715. The molecule has 2 N–H and O–H groups in total. The number of carbonyl (C=O) groups excluding carboxylic acids is 1. The van der Waals surface area contributed by atoms with E-state index in [-0.39, 0.29) is 25.0 Å². The molecule has 1 atom stereocenters. The SMILES string of the molecule is CCNC(C)c1ccn(CC(=O)NCC#N)c1. The van der Waals surface area contributed by atoms with Gasteiger partial charge in [0.1, 0.15) is 13.1 Å². The van der Waals surface area contributed by atoms with E-state index < -0.39 is 0 Å². The van der Waals surface area contributed by atoms with Crippen LogP contribution >= 0.6 is 0 Å². The number of nitrogens with one attached hydrogen (secondary N) is 2. The summed E-state index contributed by atoms with van der Waals surface area (Å²) in [4.78, 5) is 11.4. The van der Waals surface area contributed by atoms with Gasteiger partial charge < -0.3 is 15.2 Å². The van der Waals surface area contributed by atoms with Crippen molar-refractivity contribution in [2.75, 3.05) is 13.1 Å². The van der Waals surface area contributed by atoms with Crippen LogP contribution in [0.2, 0.25) is 0 Å². The molecule has 1 unspecified atom stereocenters. The largest absolute Gasteiger partial charge is 0.345 e. The van der Waals surface area contributed by atoms with Crippen LogP contribution in [0.3, 0.4) is 0 Å². The van der Waals surface area contributed by atoms with Crippen molar-refractivity contribution in [1.82, 2.24) is 15.2 Å². The third kappa shape index (κ3) is 4.29. The van der Waals surface area contributed by atoms with Crippen molar-refractivity contribution in [2.45, 2.75) is 26.4 Å². The Bertz CT molecular complexity index is 405. The summed E-state index contributed by atoms with van der Waals surface area (Å²) in [7, 11) is 0. The first-order valence-electron chi connectivity index (χ1n) is 5.70. The number of rotatable bonds is 6. The van der Waals surface area contributed by atoms with Crippen LogP contribution in [0.25, 0.3) is 0 Å². The minimum Gasteiger partial charge on any atom is -0.345 e. The van der Waals surface area contributed by atoms with Gasteiger partial charge in [-0.3, -0.25) is 4.79 Å². The Kier molecular flexibility index (Phi) is 5.24. The standard InChI is InChI=1S/C12H18N4O/c1-3-14-10(2)11-4-7-16(8-11)9-12(17)15-6-5-13/h4,7-8,10,14H,3,6,9H2,1-2H3,(H,15,17). The maximum Gasteiger partial charge on any atom is 0.240 e. The van der Waals surface area contributed by atoms with Crippen molar-refractivity contribution < 1.29 is 4.79 Å². The monoisotopic (exact) mass is 234 g/mol. The summed E-state index contributed by atoms with van der Waals surface area (Å²) >= 11 is 0. The van der Waals surface area contributed by atoms with E-state index in [1.807, 2.05) is 29.1 Å². The van der Waals surface area contributed by atoms with Crippen LogP contribution < -0.4 is 10.6 Å². The minimum atomic E-state index is -0.148. The van der Waals surface area contributed by atoms with E-state index in [0.29, 0.717) is 0 Å². The molecule has 0 saturated heterocycles. The Labute approximate surface area is 101 Å². The third-order valence-electron chi connectivity index (χ3n) is 2.47. The molecule has 1 heterocycles. The molecule has 5 nitrogen and oxygen atoms in total. The average Bonchev–Trinajstić information content (AvgIpc) is 2.75. The van der Waals surface area contributed by atoms with Crippen LogP contribution in [0.4, 0.5) is 0 Å². The van der Waals surface area contributed by atoms with E-state index in [2.05, 4.69) is 24.5 Å². The fourth-order valence-electron chi connectivity index (χ4n) is 1.60. The van der Waals surface area contributed by atoms with E-state index in [1.54, 1.807) is 0 Å². The van der Waals surface area contributed by atoms with E-state index in [0.717, 1.165) is 12.1 Å². The van der Waals surface area contributed by atoms with Gasteiger partial charge in [-0.2, -0.15) is 5.26 Å². The summed E-state index contributed by atoms with van der Waals surface area (Å²) in [5, 5.41) is 14.2. The second-order valence-electron chi connectivity index (χ2n) is 3.83. The van der Waals surface area contributed by atoms with Gasteiger partial charge >= 0.3 is 0 Å². The molecule has 92 valence electrons. The molecule has 0 radical (unpaired) electrons. The molecule has 0 spiro atoms. The number of hydrogen-bond donors (Lipinski definition) is 2. The molecular formula is C12H18N4O. The first-order chi connectivity index (χ1) is 8.17. The Morgan fingerprint density at radius 1 is 1.65 bits per heavy atom. The van der Waals surface area contributed by atoms with Gasteiger partial charge in [0, 0.05) is 18.4 Å². The second kappa shape index (κ2) is 6.71. The van der Waals surface area contributed by atoms with Gasteiger partial charge in [0.2, 0.25) is 5.91 Å². The van der Waals surface area contributed by atoms with Gasteiger partial charge in [0.05, 0.1) is 6.07 Å². The van der Waals surface area contributed by atoms with E-state index >= 15 is 0 Å². The lowest BCUT2D eigenvalue weighted by atomic mass is 10.2. The van der Waals surface area contributed by atoms with E-state index in [1.165, 1.54) is 0 Å². The maximum atomic E-state index is 11.4. The minimum absolute atomic E-state index is 0.0563. The molecule has 0 saturated carbocycles. The first kappa shape index (κ1) is 13.3. The van der Waals surface area contributed by atoms with Crippen molar-refractivity contribution in [3.63, 3.8) is 0 Å². The van der Waals surface area contributed by atoms with Crippen molar-refractivity contribution in [3.05, 3.63) is 24.0 Å². The van der Waals surface area contributed by atoms with Gasteiger partial charge in [0.15, 0.2) is 0 Å². The van der Waals surface area contributed by atoms with Gasteiger partial charge in [-0.25, -0.2) is 0 Å². The Balaban J connectivity index is 2.51. The molecular weight excluding hydrogens is 216 g/mol. The molecule has 0 aliphatic rings. The molecule has 1 rings (SSSR count). The molecule has 1 aromatic heterocycles.